The van der Waals surface area contributed by atoms with Crippen LogP contribution in [0, 0.1) is 0 Å². The van der Waals surface area contributed by atoms with E-state index in [9.17, 15) is 9.90 Å². The minimum absolute atomic E-state index is 0.0571. The molecular weight excluding hydrogens is 290 g/mol. The second kappa shape index (κ2) is 6.71. The Labute approximate surface area is 130 Å². The standard InChI is InChI=1S/C15H22ClN3O2/c1-10(2)13-17-8-11(16)12(18-13)14(21)19-15(9-20)6-4-3-5-7-15/h8,10,20H,3-7,9H2,1-2H3,(H,19,21). The van der Waals surface area contributed by atoms with Crippen molar-refractivity contribution in [3.63, 3.8) is 0 Å². The van der Waals surface area contributed by atoms with Gasteiger partial charge in [-0.3, -0.25) is 4.79 Å². The van der Waals surface area contributed by atoms with Gasteiger partial charge in [-0.15, -0.1) is 0 Å². The van der Waals surface area contributed by atoms with Crippen molar-refractivity contribution in [2.45, 2.75) is 57.4 Å². The van der Waals surface area contributed by atoms with Crippen LogP contribution in [0.1, 0.15) is 68.2 Å². The minimum Gasteiger partial charge on any atom is -0.394 e. The van der Waals surface area contributed by atoms with Gasteiger partial charge in [0.05, 0.1) is 23.4 Å². The monoisotopic (exact) mass is 311 g/mol. The second-order valence-electron chi connectivity index (χ2n) is 6.03. The Morgan fingerprint density at radius 3 is 2.67 bits per heavy atom. The lowest BCUT2D eigenvalue weighted by molar-refractivity contribution is 0.0753. The number of nitrogens with zero attached hydrogens (tertiary/aromatic N) is 2. The first kappa shape index (κ1) is 16.2. The van der Waals surface area contributed by atoms with Gasteiger partial charge < -0.3 is 10.4 Å². The van der Waals surface area contributed by atoms with E-state index in [-0.39, 0.29) is 29.1 Å². The summed E-state index contributed by atoms with van der Waals surface area (Å²) < 4.78 is 0. The number of aliphatic hydroxyl groups excluding tert-OH is 1. The number of hydrogen-bond donors (Lipinski definition) is 2. The Balaban J connectivity index is 2.21. The molecule has 1 aromatic heterocycles. The molecule has 0 saturated heterocycles. The average Bonchev–Trinajstić information content (AvgIpc) is 2.48. The first-order valence-corrected chi connectivity index (χ1v) is 7.81. The molecule has 1 saturated carbocycles. The van der Waals surface area contributed by atoms with Gasteiger partial charge in [0.15, 0.2) is 0 Å². The van der Waals surface area contributed by atoms with Crippen molar-refractivity contribution in [3.05, 3.63) is 22.7 Å². The largest absolute Gasteiger partial charge is 0.394 e. The average molecular weight is 312 g/mol. The van der Waals surface area contributed by atoms with Gasteiger partial charge in [-0.2, -0.15) is 0 Å². The lowest BCUT2D eigenvalue weighted by atomic mass is 9.82. The Kier molecular flexibility index (Phi) is 5.17. The zero-order valence-corrected chi connectivity index (χ0v) is 13.3. The topological polar surface area (TPSA) is 75.1 Å². The number of halogens is 1. The second-order valence-corrected chi connectivity index (χ2v) is 6.44. The predicted octanol–water partition coefficient (Wildman–Crippen LogP) is 2.68. The van der Waals surface area contributed by atoms with Crippen LogP contribution in [0.15, 0.2) is 6.20 Å². The SMILES string of the molecule is CC(C)c1ncc(Cl)c(C(=O)NC2(CO)CCCCC2)n1. The third-order valence-corrected chi connectivity index (χ3v) is 4.26. The summed E-state index contributed by atoms with van der Waals surface area (Å²) >= 11 is 6.05. The lowest BCUT2D eigenvalue weighted by Gasteiger charge is -2.36. The minimum atomic E-state index is -0.540. The number of hydrogen-bond acceptors (Lipinski definition) is 4. The molecule has 1 heterocycles. The quantitative estimate of drug-likeness (QED) is 0.896. The van der Waals surface area contributed by atoms with Gasteiger partial charge in [0.1, 0.15) is 11.5 Å². The zero-order chi connectivity index (χ0) is 15.5. The summed E-state index contributed by atoms with van der Waals surface area (Å²) in [5, 5.41) is 12.8. The number of nitrogens with one attached hydrogen (secondary N) is 1. The number of aromatic nitrogens is 2. The van der Waals surface area contributed by atoms with Crippen LogP contribution in [-0.4, -0.2) is 33.1 Å². The number of carbonyl (C=O) groups is 1. The molecule has 0 atom stereocenters. The summed E-state index contributed by atoms with van der Waals surface area (Å²) in [4.78, 5) is 20.9. The maximum atomic E-state index is 12.5. The van der Waals surface area contributed by atoms with Crippen molar-refractivity contribution in [2.24, 2.45) is 0 Å². The summed E-state index contributed by atoms with van der Waals surface area (Å²) in [6.07, 6.45) is 6.20. The summed E-state index contributed by atoms with van der Waals surface area (Å²) in [5.41, 5.74) is -0.351. The van der Waals surface area contributed by atoms with E-state index < -0.39 is 5.54 Å². The Morgan fingerprint density at radius 2 is 2.10 bits per heavy atom. The van der Waals surface area contributed by atoms with Crippen LogP contribution in [-0.2, 0) is 0 Å². The van der Waals surface area contributed by atoms with Crippen LogP contribution in [0.3, 0.4) is 0 Å². The number of aliphatic hydroxyl groups is 1. The Morgan fingerprint density at radius 1 is 1.43 bits per heavy atom. The molecule has 0 aromatic carbocycles. The van der Waals surface area contributed by atoms with Gasteiger partial charge in [-0.1, -0.05) is 44.7 Å². The predicted molar refractivity (Wildman–Crippen MR) is 81.5 cm³/mol. The van der Waals surface area contributed by atoms with Crippen molar-refractivity contribution in [2.75, 3.05) is 6.61 Å². The van der Waals surface area contributed by atoms with Crippen molar-refractivity contribution >= 4 is 17.5 Å². The van der Waals surface area contributed by atoms with Gasteiger partial charge in [0, 0.05) is 5.92 Å². The van der Waals surface area contributed by atoms with Crippen LogP contribution in [0.2, 0.25) is 5.02 Å². The first-order chi connectivity index (χ1) is 9.97. The van der Waals surface area contributed by atoms with Crippen LogP contribution in [0.4, 0.5) is 0 Å². The zero-order valence-electron chi connectivity index (χ0n) is 12.5. The molecule has 0 radical (unpaired) electrons. The molecule has 5 nitrogen and oxygen atoms in total. The van der Waals surface area contributed by atoms with Crippen molar-refractivity contribution in [1.82, 2.24) is 15.3 Å². The molecule has 2 N–H and O–H groups in total. The van der Waals surface area contributed by atoms with E-state index in [1.54, 1.807) is 0 Å². The molecule has 0 spiro atoms. The molecule has 0 bridgehead atoms. The van der Waals surface area contributed by atoms with Crippen LogP contribution >= 0.6 is 11.6 Å². The van der Waals surface area contributed by atoms with Crippen molar-refractivity contribution in [3.8, 4) is 0 Å². The lowest BCUT2D eigenvalue weighted by Crippen LogP contribution is -2.52. The third-order valence-electron chi connectivity index (χ3n) is 3.99. The van der Waals surface area contributed by atoms with Crippen molar-refractivity contribution < 1.29 is 9.90 Å². The fraction of sp³-hybridized carbons (Fsp3) is 0.667. The molecule has 1 aliphatic carbocycles. The highest BCUT2D eigenvalue weighted by molar-refractivity contribution is 6.33. The first-order valence-electron chi connectivity index (χ1n) is 7.43. The number of carbonyl (C=O) groups excluding carboxylic acids is 1. The molecule has 1 aliphatic rings. The fourth-order valence-electron chi connectivity index (χ4n) is 2.67. The molecular formula is C15H22ClN3O2. The van der Waals surface area contributed by atoms with E-state index >= 15 is 0 Å². The smallest absolute Gasteiger partial charge is 0.272 e. The highest BCUT2D eigenvalue weighted by Gasteiger charge is 2.34. The molecule has 1 fully saturated rings. The Bertz CT molecular complexity index is 514. The van der Waals surface area contributed by atoms with Gasteiger partial charge >= 0.3 is 0 Å². The number of rotatable bonds is 4. The summed E-state index contributed by atoms with van der Waals surface area (Å²) in [6, 6.07) is 0. The third kappa shape index (κ3) is 3.71. The molecule has 1 aromatic rings. The molecule has 6 heteroatoms. The molecule has 0 unspecified atom stereocenters. The summed E-state index contributed by atoms with van der Waals surface area (Å²) in [5.74, 6) is 0.377. The van der Waals surface area contributed by atoms with E-state index in [1.807, 2.05) is 13.8 Å². The van der Waals surface area contributed by atoms with E-state index in [0.29, 0.717) is 5.82 Å². The van der Waals surface area contributed by atoms with Gasteiger partial charge in [-0.05, 0) is 12.8 Å². The normalized spacial score (nSPS) is 17.8. The summed E-state index contributed by atoms with van der Waals surface area (Å²) in [6.45, 7) is 3.86. The molecule has 0 aliphatic heterocycles. The van der Waals surface area contributed by atoms with E-state index in [1.165, 1.54) is 6.20 Å². The van der Waals surface area contributed by atoms with Gasteiger partial charge in [0.2, 0.25) is 0 Å². The van der Waals surface area contributed by atoms with Crippen LogP contribution < -0.4 is 5.32 Å². The van der Waals surface area contributed by atoms with Crippen LogP contribution in [0.5, 0.6) is 0 Å². The fourth-order valence-corrected chi connectivity index (χ4v) is 2.85. The van der Waals surface area contributed by atoms with Gasteiger partial charge in [0.25, 0.3) is 5.91 Å². The molecule has 2 rings (SSSR count). The van der Waals surface area contributed by atoms with Crippen LogP contribution in [0.25, 0.3) is 0 Å². The van der Waals surface area contributed by atoms with E-state index in [4.69, 9.17) is 11.6 Å². The molecule has 116 valence electrons. The molecule has 21 heavy (non-hydrogen) atoms. The maximum absolute atomic E-state index is 12.5. The van der Waals surface area contributed by atoms with Crippen molar-refractivity contribution in [1.29, 1.82) is 0 Å². The Hall–Kier alpha value is -1.20. The number of amides is 1. The van der Waals surface area contributed by atoms with E-state index in [2.05, 4.69) is 15.3 Å². The molecule has 1 amide bonds. The maximum Gasteiger partial charge on any atom is 0.272 e. The van der Waals surface area contributed by atoms with Gasteiger partial charge in [-0.25, -0.2) is 9.97 Å². The summed E-state index contributed by atoms with van der Waals surface area (Å²) in [7, 11) is 0. The highest BCUT2D eigenvalue weighted by Crippen LogP contribution is 2.28. The highest BCUT2D eigenvalue weighted by atomic mass is 35.5. The van der Waals surface area contributed by atoms with E-state index in [0.717, 1.165) is 32.1 Å².